The second kappa shape index (κ2) is 19.8. The Labute approximate surface area is 401 Å². The molecule has 12 rings (SSSR count). The minimum absolute atomic E-state index is 0. The van der Waals surface area contributed by atoms with Crippen LogP contribution in [0.2, 0.25) is 0 Å². The molecule has 0 bridgehead atoms. The van der Waals surface area contributed by atoms with E-state index in [-0.39, 0.29) is 53.1 Å². The van der Waals surface area contributed by atoms with Crippen LogP contribution >= 0.6 is 0 Å². The van der Waals surface area contributed by atoms with Gasteiger partial charge in [-0.25, -0.2) is 0 Å². The molecule has 3 aliphatic heterocycles. The van der Waals surface area contributed by atoms with E-state index in [0.29, 0.717) is 0 Å². The number of nitrogens with zero attached hydrogens (tertiary/aromatic N) is 6. The molecule has 3 heterocycles. The average Bonchev–Trinajstić information content (AvgIpc) is 4.08. The Kier molecular flexibility index (Phi) is 13.0. The van der Waals surface area contributed by atoms with Crippen LogP contribution in [0.1, 0.15) is 35.2 Å². The molecule has 3 aliphatic rings. The largest absolute Gasteiger partial charge is 3.00 e. The molecule has 0 saturated heterocycles. The molecular weight excluding hydrogens is 844 g/mol. The van der Waals surface area contributed by atoms with E-state index in [1.165, 1.54) is 0 Å². The molecule has 3 N–H and O–H groups in total. The van der Waals surface area contributed by atoms with Crippen molar-refractivity contribution in [3.8, 4) is 17.2 Å². The molecule has 0 radical (unpaired) electrons. The van der Waals surface area contributed by atoms with Crippen molar-refractivity contribution in [2.75, 3.05) is 14.7 Å². The van der Waals surface area contributed by atoms with E-state index in [2.05, 4.69) is 69.3 Å². The number of rotatable bonds is 6. The van der Waals surface area contributed by atoms with E-state index >= 15 is 0 Å². The molecule has 0 fully saturated rings. The summed E-state index contributed by atoms with van der Waals surface area (Å²) in [5.41, 5.74) is 11.6. The van der Waals surface area contributed by atoms with Crippen LogP contribution in [0.15, 0.2) is 237 Å². The average molecular weight is 889 g/mol. The maximum absolute atomic E-state index is 10.2. The van der Waals surface area contributed by atoms with Crippen molar-refractivity contribution < 1.29 is 15.3 Å². The zero-order valence-electron chi connectivity index (χ0n) is 36.4. The van der Waals surface area contributed by atoms with Gasteiger partial charge in [-0.3, -0.25) is 0 Å². The van der Waals surface area contributed by atoms with Crippen LogP contribution in [0.3, 0.4) is 0 Å². The summed E-state index contributed by atoms with van der Waals surface area (Å²) in [6.07, 6.45) is -0.747. The Balaban J connectivity index is 0.000000125. The van der Waals surface area contributed by atoms with Crippen LogP contribution in [0.25, 0.3) is 16.0 Å². The third kappa shape index (κ3) is 8.92. The van der Waals surface area contributed by atoms with Gasteiger partial charge in [-0.15, -0.1) is 17.1 Å². The van der Waals surface area contributed by atoms with Gasteiger partial charge in [-0.1, -0.05) is 164 Å². The summed E-state index contributed by atoms with van der Waals surface area (Å²) in [4.78, 5) is 6.47. The van der Waals surface area contributed by atoms with E-state index < -0.39 is 0 Å². The van der Waals surface area contributed by atoms with E-state index in [4.69, 9.17) is 16.0 Å². The number of aromatic hydroxyl groups is 3. The second-order valence-electron chi connectivity index (χ2n) is 15.8. The monoisotopic (exact) mass is 888 g/mol. The first-order valence-corrected chi connectivity index (χ1v) is 21.8. The first-order valence-electron chi connectivity index (χ1n) is 21.8. The van der Waals surface area contributed by atoms with Crippen molar-refractivity contribution in [2.45, 2.75) is 18.5 Å². The summed E-state index contributed by atoms with van der Waals surface area (Å²) < 4.78 is 0. The quantitative estimate of drug-likeness (QED) is 0.143. The summed E-state index contributed by atoms with van der Waals surface area (Å²) in [6.45, 7) is 0. The van der Waals surface area contributed by atoms with Crippen LogP contribution in [-0.2, 0) is 0 Å². The van der Waals surface area contributed by atoms with Crippen LogP contribution in [-0.4, -0.2) is 32.7 Å². The fourth-order valence-corrected chi connectivity index (χ4v) is 8.64. The van der Waals surface area contributed by atoms with Gasteiger partial charge < -0.3 is 46.0 Å². The Bertz CT molecular complexity index is 2740. The number of hydrogen-bond donors (Lipinski definition) is 3. The third-order valence-corrected chi connectivity index (χ3v) is 11.7. The minimum atomic E-state index is -0.249. The van der Waals surface area contributed by atoms with Crippen molar-refractivity contribution in [3.63, 3.8) is 0 Å². The molecule has 0 aliphatic carbocycles. The first kappa shape index (κ1) is 43.9. The number of phenolic OH excluding ortho intramolecular Hbond substituents is 3. The fourth-order valence-electron chi connectivity index (χ4n) is 8.64. The molecule has 0 aromatic heterocycles. The molecule has 3 unspecified atom stereocenters. The van der Waals surface area contributed by atoms with Gasteiger partial charge in [0.2, 0.25) is 0 Å². The molecule has 3 atom stereocenters. The molecule has 0 spiro atoms. The Morgan fingerprint density at radius 1 is 0.269 bits per heavy atom. The molecule has 9 aromatic rings. The van der Waals surface area contributed by atoms with E-state index in [1.807, 2.05) is 164 Å². The van der Waals surface area contributed by atoms with Crippen molar-refractivity contribution in [3.05, 3.63) is 269 Å². The van der Waals surface area contributed by atoms with Gasteiger partial charge in [-0.05, 0) is 108 Å². The number of phenols is 3. The molecule has 67 heavy (non-hydrogen) atoms. The number of fused-ring (bicyclic) bond motifs is 3. The molecular formula is C57H45AlN6O3. The second-order valence-corrected chi connectivity index (χ2v) is 15.8. The van der Waals surface area contributed by atoms with Crippen molar-refractivity contribution >= 4 is 68.5 Å². The van der Waals surface area contributed by atoms with Gasteiger partial charge in [0, 0.05) is 34.1 Å². The van der Waals surface area contributed by atoms with E-state index in [0.717, 1.165) is 67.9 Å². The standard InChI is InChI=1S/3C19H15N2O.Al/c3*22-18-13-7-4-10-15(18)19-20-16-11-5-6-12-17(16)21(19)14-8-2-1-3-9-14;/h3*1-13,19,22H;/q3*-1;+3. The van der Waals surface area contributed by atoms with Crippen LogP contribution in [0.5, 0.6) is 17.2 Å². The third-order valence-electron chi connectivity index (χ3n) is 11.7. The SMILES string of the molecule is Oc1ccccc1C1[N-]c2ccccc2N1c1ccccc1.Oc1ccccc1C1[N-]c2ccccc2N1c1ccccc1.Oc1ccccc1C1[N-]c2ccccc2N1c1ccccc1.[Al+3]. The Morgan fingerprint density at radius 2 is 0.493 bits per heavy atom. The fraction of sp³-hybridized carbons (Fsp3) is 0.0526. The topological polar surface area (TPSA) is 113 Å². The molecule has 0 amide bonds. The van der Waals surface area contributed by atoms with Crippen LogP contribution in [0, 0.1) is 0 Å². The smallest absolute Gasteiger partial charge is 0.659 e. The summed E-state index contributed by atoms with van der Waals surface area (Å²) >= 11 is 0. The molecule has 9 nitrogen and oxygen atoms in total. The minimum Gasteiger partial charge on any atom is -0.659 e. The van der Waals surface area contributed by atoms with Crippen LogP contribution < -0.4 is 14.7 Å². The maximum Gasteiger partial charge on any atom is 3.00 e. The molecule has 10 heteroatoms. The Morgan fingerprint density at radius 3 is 0.761 bits per heavy atom. The zero-order chi connectivity index (χ0) is 44.8. The van der Waals surface area contributed by atoms with Gasteiger partial charge >= 0.3 is 17.4 Å². The van der Waals surface area contributed by atoms with Gasteiger partial charge in [0.1, 0.15) is 17.2 Å². The Hall–Kier alpha value is -8.29. The van der Waals surface area contributed by atoms with Gasteiger partial charge in [0.25, 0.3) is 0 Å². The number of benzene rings is 9. The van der Waals surface area contributed by atoms with Crippen molar-refractivity contribution in [1.82, 2.24) is 0 Å². The van der Waals surface area contributed by atoms with Crippen molar-refractivity contribution in [1.29, 1.82) is 0 Å². The number of para-hydroxylation sites is 12. The predicted molar refractivity (Wildman–Crippen MR) is 272 cm³/mol. The van der Waals surface area contributed by atoms with Gasteiger partial charge in [0.05, 0.1) is 0 Å². The van der Waals surface area contributed by atoms with Crippen LogP contribution in [0.4, 0.5) is 51.2 Å². The normalized spacial score (nSPS) is 15.9. The van der Waals surface area contributed by atoms with E-state index in [1.54, 1.807) is 18.2 Å². The first-order chi connectivity index (χ1) is 32.5. The van der Waals surface area contributed by atoms with E-state index in [9.17, 15) is 15.3 Å². The number of hydrogen-bond acceptors (Lipinski definition) is 6. The maximum atomic E-state index is 10.2. The summed E-state index contributed by atoms with van der Waals surface area (Å²) in [7, 11) is 0. The molecule has 0 saturated carbocycles. The number of anilines is 6. The summed E-state index contributed by atoms with van der Waals surface area (Å²) in [5.74, 6) is 0.806. The van der Waals surface area contributed by atoms with Gasteiger partial charge in [-0.2, -0.15) is 0 Å². The summed E-state index contributed by atoms with van der Waals surface area (Å²) in [6, 6.07) is 76.8. The zero-order valence-corrected chi connectivity index (χ0v) is 37.5. The summed E-state index contributed by atoms with van der Waals surface area (Å²) in [5, 5.41) is 45.1. The molecule has 9 aromatic carbocycles. The van der Waals surface area contributed by atoms with Crippen molar-refractivity contribution in [2.24, 2.45) is 0 Å². The predicted octanol–water partition coefficient (Wildman–Crippen LogP) is 15.4. The molecule has 324 valence electrons. The van der Waals surface area contributed by atoms with Gasteiger partial charge in [0.15, 0.2) is 0 Å².